The number of pyridine rings is 1. The molecule has 0 atom stereocenters. The molecule has 0 unspecified atom stereocenters. The predicted octanol–water partition coefficient (Wildman–Crippen LogP) is 0.945. The molecule has 0 aliphatic rings. The van der Waals surface area contributed by atoms with Gasteiger partial charge in [-0.15, -0.1) is 0 Å². The van der Waals surface area contributed by atoms with E-state index in [2.05, 4.69) is 29.5 Å². The smallest absolute Gasteiger partial charge is 0.139 e. The standard InChI is InChI=1S/C8H8N2S/c9-8-7(4-2-6-11)3-1-5-10-8/h1,3,5,11H,6H2,(H2,9,10). The molecule has 11 heavy (non-hydrogen) atoms. The maximum atomic E-state index is 5.52. The number of hydrogen-bond acceptors (Lipinski definition) is 3. The monoisotopic (exact) mass is 164 g/mol. The Hall–Kier alpha value is -1.14. The summed E-state index contributed by atoms with van der Waals surface area (Å²) in [5, 5.41) is 0. The van der Waals surface area contributed by atoms with Gasteiger partial charge in [0.1, 0.15) is 5.82 Å². The van der Waals surface area contributed by atoms with Crippen LogP contribution in [0, 0.1) is 11.8 Å². The Morgan fingerprint density at radius 2 is 2.45 bits per heavy atom. The van der Waals surface area contributed by atoms with Gasteiger partial charge in [-0.1, -0.05) is 11.8 Å². The Bertz CT molecular complexity index is 298. The van der Waals surface area contributed by atoms with Gasteiger partial charge in [-0.3, -0.25) is 0 Å². The number of nitrogens with two attached hydrogens (primary N) is 1. The second-order valence-corrected chi connectivity index (χ2v) is 2.21. The topological polar surface area (TPSA) is 38.9 Å². The van der Waals surface area contributed by atoms with E-state index in [9.17, 15) is 0 Å². The third-order valence-electron chi connectivity index (χ3n) is 1.14. The van der Waals surface area contributed by atoms with Gasteiger partial charge in [-0.25, -0.2) is 4.98 Å². The number of aromatic nitrogens is 1. The van der Waals surface area contributed by atoms with Crippen molar-refractivity contribution >= 4 is 18.4 Å². The van der Waals surface area contributed by atoms with E-state index in [4.69, 9.17) is 5.73 Å². The van der Waals surface area contributed by atoms with Crippen LogP contribution in [0.1, 0.15) is 5.56 Å². The van der Waals surface area contributed by atoms with E-state index in [0.717, 1.165) is 5.56 Å². The van der Waals surface area contributed by atoms with Crippen molar-refractivity contribution in [3.05, 3.63) is 23.9 Å². The first-order chi connectivity index (χ1) is 5.34. The summed E-state index contributed by atoms with van der Waals surface area (Å²) >= 11 is 3.95. The second-order valence-electron chi connectivity index (χ2n) is 1.90. The minimum Gasteiger partial charge on any atom is -0.383 e. The van der Waals surface area contributed by atoms with Gasteiger partial charge in [0.15, 0.2) is 0 Å². The first-order valence-corrected chi connectivity index (χ1v) is 3.78. The van der Waals surface area contributed by atoms with Crippen LogP contribution < -0.4 is 5.73 Å². The zero-order valence-electron chi connectivity index (χ0n) is 5.91. The van der Waals surface area contributed by atoms with Crippen LogP contribution in [0.2, 0.25) is 0 Å². The third-order valence-corrected chi connectivity index (χ3v) is 1.30. The Morgan fingerprint density at radius 3 is 3.09 bits per heavy atom. The average molecular weight is 164 g/mol. The molecule has 0 aromatic carbocycles. The molecule has 0 aliphatic heterocycles. The summed E-state index contributed by atoms with van der Waals surface area (Å²) in [6.07, 6.45) is 1.64. The van der Waals surface area contributed by atoms with Crippen molar-refractivity contribution in [2.75, 3.05) is 11.5 Å². The van der Waals surface area contributed by atoms with E-state index in [-0.39, 0.29) is 0 Å². The fourth-order valence-electron chi connectivity index (χ4n) is 0.658. The number of thiol groups is 1. The number of hydrogen-bond donors (Lipinski definition) is 2. The number of nitrogens with zero attached hydrogens (tertiary/aromatic N) is 1. The van der Waals surface area contributed by atoms with Crippen molar-refractivity contribution in [1.82, 2.24) is 4.98 Å². The second kappa shape index (κ2) is 3.89. The lowest BCUT2D eigenvalue weighted by atomic mass is 10.2. The SMILES string of the molecule is Nc1ncccc1C#CCS. The van der Waals surface area contributed by atoms with Crippen molar-refractivity contribution in [3.63, 3.8) is 0 Å². The summed E-state index contributed by atoms with van der Waals surface area (Å²) in [5.74, 6) is 6.66. The molecule has 3 heteroatoms. The summed E-state index contributed by atoms with van der Waals surface area (Å²) in [4.78, 5) is 3.88. The molecule has 0 amide bonds. The van der Waals surface area contributed by atoms with Crippen LogP contribution in [0.4, 0.5) is 5.82 Å². The van der Waals surface area contributed by atoms with E-state index in [1.54, 1.807) is 12.3 Å². The maximum Gasteiger partial charge on any atom is 0.139 e. The van der Waals surface area contributed by atoms with E-state index in [1.165, 1.54) is 0 Å². The van der Waals surface area contributed by atoms with Gasteiger partial charge in [0.25, 0.3) is 0 Å². The Morgan fingerprint density at radius 1 is 1.64 bits per heavy atom. The van der Waals surface area contributed by atoms with Crippen LogP contribution >= 0.6 is 12.6 Å². The minimum absolute atomic E-state index is 0.474. The van der Waals surface area contributed by atoms with E-state index < -0.39 is 0 Å². The van der Waals surface area contributed by atoms with Crippen LogP contribution in [-0.4, -0.2) is 10.7 Å². The van der Waals surface area contributed by atoms with Crippen LogP contribution in [0.3, 0.4) is 0 Å². The van der Waals surface area contributed by atoms with Crippen molar-refractivity contribution in [2.45, 2.75) is 0 Å². The first kappa shape index (κ1) is 7.96. The highest BCUT2D eigenvalue weighted by Crippen LogP contribution is 2.03. The quantitative estimate of drug-likeness (QED) is 0.442. The normalized spacial score (nSPS) is 8.45. The first-order valence-electron chi connectivity index (χ1n) is 3.15. The molecule has 1 rings (SSSR count). The Kier molecular flexibility index (Phi) is 2.82. The van der Waals surface area contributed by atoms with Crippen molar-refractivity contribution in [2.24, 2.45) is 0 Å². The van der Waals surface area contributed by atoms with E-state index in [1.807, 2.05) is 6.07 Å². The summed E-state index contributed by atoms with van der Waals surface area (Å²) < 4.78 is 0. The highest BCUT2D eigenvalue weighted by atomic mass is 32.1. The molecule has 0 saturated heterocycles. The minimum atomic E-state index is 0.474. The van der Waals surface area contributed by atoms with Gasteiger partial charge in [-0.05, 0) is 12.1 Å². The average Bonchev–Trinajstić information content (AvgIpc) is 2.03. The van der Waals surface area contributed by atoms with Crippen LogP contribution in [-0.2, 0) is 0 Å². The molecule has 0 spiro atoms. The van der Waals surface area contributed by atoms with Crippen LogP contribution in [0.5, 0.6) is 0 Å². The Labute approximate surface area is 71.2 Å². The molecule has 0 bridgehead atoms. The fourth-order valence-corrected chi connectivity index (χ4v) is 0.737. The molecule has 2 N–H and O–H groups in total. The highest BCUT2D eigenvalue weighted by Gasteiger charge is 1.91. The lowest BCUT2D eigenvalue weighted by molar-refractivity contribution is 1.32. The van der Waals surface area contributed by atoms with Gasteiger partial charge in [0.2, 0.25) is 0 Å². The summed E-state index contributed by atoms with van der Waals surface area (Å²) in [5.41, 5.74) is 6.29. The van der Waals surface area contributed by atoms with E-state index >= 15 is 0 Å². The van der Waals surface area contributed by atoms with Crippen LogP contribution in [0.15, 0.2) is 18.3 Å². The molecule has 0 aliphatic carbocycles. The summed E-state index contributed by atoms with van der Waals surface area (Å²) in [7, 11) is 0. The van der Waals surface area contributed by atoms with Gasteiger partial charge >= 0.3 is 0 Å². The van der Waals surface area contributed by atoms with Crippen molar-refractivity contribution in [1.29, 1.82) is 0 Å². The molecule has 0 fully saturated rings. The van der Waals surface area contributed by atoms with Gasteiger partial charge in [-0.2, -0.15) is 12.6 Å². The number of anilines is 1. The van der Waals surface area contributed by atoms with Gasteiger partial charge < -0.3 is 5.73 Å². The van der Waals surface area contributed by atoms with Gasteiger partial charge in [0.05, 0.1) is 11.3 Å². The lowest BCUT2D eigenvalue weighted by Crippen LogP contribution is -1.92. The molecule has 56 valence electrons. The predicted molar refractivity (Wildman–Crippen MR) is 49.4 cm³/mol. The van der Waals surface area contributed by atoms with Crippen LogP contribution in [0.25, 0.3) is 0 Å². The Balaban J connectivity index is 2.95. The molecule has 0 saturated carbocycles. The maximum absolute atomic E-state index is 5.52. The fraction of sp³-hybridized carbons (Fsp3) is 0.125. The molecule has 0 radical (unpaired) electrons. The summed E-state index contributed by atoms with van der Waals surface area (Å²) in [6, 6.07) is 3.64. The largest absolute Gasteiger partial charge is 0.383 e. The molecule has 1 aromatic rings. The highest BCUT2D eigenvalue weighted by molar-refractivity contribution is 7.80. The molecular formula is C8H8N2S. The zero-order valence-corrected chi connectivity index (χ0v) is 6.81. The molecular weight excluding hydrogens is 156 g/mol. The van der Waals surface area contributed by atoms with Gasteiger partial charge in [0, 0.05) is 6.20 Å². The van der Waals surface area contributed by atoms with E-state index in [0.29, 0.717) is 11.6 Å². The zero-order chi connectivity index (χ0) is 8.10. The summed E-state index contributed by atoms with van der Waals surface area (Å²) in [6.45, 7) is 0. The number of rotatable bonds is 0. The molecule has 2 nitrogen and oxygen atoms in total. The number of nitrogen functional groups attached to an aromatic ring is 1. The van der Waals surface area contributed by atoms with Crippen molar-refractivity contribution in [3.8, 4) is 11.8 Å². The molecule has 1 heterocycles. The molecule has 1 aromatic heterocycles. The third kappa shape index (κ3) is 2.17. The van der Waals surface area contributed by atoms with Crippen molar-refractivity contribution < 1.29 is 0 Å². The lowest BCUT2D eigenvalue weighted by Gasteiger charge is -1.92.